The number of hydrogen-bond acceptors (Lipinski definition) is 6. The summed E-state index contributed by atoms with van der Waals surface area (Å²) in [6, 6.07) is 8.08. The molecule has 2 saturated heterocycles. The Labute approximate surface area is 272 Å². The summed E-state index contributed by atoms with van der Waals surface area (Å²) in [4.78, 5) is 38.4. The molecule has 2 fully saturated rings. The van der Waals surface area contributed by atoms with E-state index in [1.807, 2.05) is 18.7 Å². The molecule has 0 bridgehead atoms. The monoisotopic (exact) mass is 657 g/mol. The Bertz CT molecular complexity index is 1650. The van der Waals surface area contributed by atoms with E-state index in [1.165, 1.54) is 16.5 Å². The molecule has 0 radical (unpaired) electrons. The Morgan fingerprint density at radius 1 is 1.06 bits per heavy atom. The summed E-state index contributed by atoms with van der Waals surface area (Å²) in [5, 5.41) is 3.55. The lowest BCUT2D eigenvalue weighted by atomic mass is 9.90. The van der Waals surface area contributed by atoms with Gasteiger partial charge in [-0.05, 0) is 37.6 Å². The zero-order chi connectivity index (χ0) is 33.8. The number of pyridine rings is 1. The van der Waals surface area contributed by atoms with Gasteiger partial charge in [-0.15, -0.1) is 0 Å². The average Bonchev–Trinajstić information content (AvgIpc) is 3.56. The molecule has 0 saturated carbocycles. The van der Waals surface area contributed by atoms with Crippen molar-refractivity contribution in [3.05, 3.63) is 64.9 Å². The first kappa shape index (κ1) is 33.4. The van der Waals surface area contributed by atoms with Crippen molar-refractivity contribution in [2.75, 3.05) is 57.3 Å². The van der Waals surface area contributed by atoms with E-state index >= 15 is 0 Å². The second-order valence-electron chi connectivity index (χ2n) is 14.1. The minimum Gasteiger partial charge on any atom is -0.340 e. The molecule has 3 aliphatic rings. The van der Waals surface area contributed by atoms with Crippen molar-refractivity contribution in [3.63, 3.8) is 0 Å². The minimum atomic E-state index is -4.64. The first-order valence-corrected chi connectivity index (χ1v) is 16.2. The number of rotatable bonds is 6. The molecular weight excluding hydrogens is 614 g/mol. The fourth-order valence-corrected chi connectivity index (χ4v) is 7.43. The first-order valence-electron chi connectivity index (χ1n) is 16.2. The summed E-state index contributed by atoms with van der Waals surface area (Å²) in [7, 11) is 0. The zero-order valence-electron chi connectivity index (χ0n) is 27.6. The highest BCUT2D eigenvalue weighted by Crippen LogP contribution is 2.43. The molecule has 3 aliphatic heterocycles. The minimum absolute atomic E-state index is 0.0658. The SMILES string of the molecule is CC(=O)N1CCN(C[C@H]2CN[C@H](C)CN2CC(=O)N2CC(C)(C)c3c2cc(Cc2ccc(F)cc2)c2nc(C(F)(F)F)cn32)[C@H](C)C1. The van der Waals surface area contributed by atoms with Crippen LogP contribution in [0.1, 0.15) is 57.1 Å². The van der Waals surface area contributed by atoms with Crippen LogP contribution < -0.4 is 10.2 Å². The number of halogens is 4. The van der Waals surface area contributed by atoms with E-state index in [1.54, 1.807) is 30.0 Å². The topological polar surface area (TPSA) is 76.4 Å². The highest BCUT2D eigenvalue weighted by atomic mass is 19.4. The van der Waals surface area contributed by atoms with Gasteiger partial charge in [-0.3, -0.25) is 19.4 Å². The van der Waals surface area contributed by atoms with Gasteiger partial charge in [-0.2, -0.15) is 13.2 Å². The van der Waals surface area contributed by atoms with Crippen LogP contribution in [-0.4, -0.2) is 106 Å². The third-order valence-electron chi connectivity index (χ3n) is 9.89. The Morgan fingerprint density at radius 2 is 1.79 bits per heavy atom. The number of carbonyl (C=O) groups excluding carboxylic acids is 2. The molecule has 0 spiro atoms. The van der Waals surface area contributed by atoms with E-state index in [4.69, 9.17) is 0 Å². The predicted molar refractivity (Wildman–Crippen MR) is 171 cm³/mol. The fraction of sp³-hybridized carbons (Fsp3) is 0.559. The van der Waals surface area contributed by atoms with Crippen LogP contribution in [0.25, 0.3) is 5.65 Å². The Hall–Kier alpha value is -3.55. The number of anilines is 1. The molecule has 1 N–H and O–H groups in total. The summed E-state index contributed by atoms with van der Waals surface area (Å²) >= 11 is 0. The highest BCUT2D eigenvalue weighted by Gasteiger charge is 2.43. The van der Waals surface area contributed by atoms with Gasteiger partial charge in [0, 0.05) is 94.5 Å². The summed E-state index contributed by atoms with van der Waals surface area (Å²) < 4.78 is 57.0. The number of imidazole rings is 1. The van der Waals surface area contributed by atoms with Crippen LogP contribution in [0.2, 0.25) is 0 Å². The maximum Gasteiger partial charge on any atom is 0.434 e. The lowest BCUT2D eigenvalue weighted by Crippen LogP contribution is -2.63. The number of nitrogens with one attached hydrogen (secondary N) is 1. The number of nitrogens with zero attached hydrogens (tertiary/aromatic N) is 6. The van der Waals surface area contributed by atoms with Crippen LogP contribution in [-0.2, 0) is 27.6 Å². The molecule has 1 aromatic carbocycles. The summed E-state index contributed by atoms with van der Waals surface area (Å²) in [5.74, 6) is -0.442. The van der Waals surface area contributed by atoms with Crippen molar-refractivity contribution >= 4 is 23.1 Å². The number of alkyl halides is 3. The quantitative estimate of drug-likeness (QED) is 0.406. The fourth-order valence-electron chi connectivity index (χ4n) is 7.43. The van der Waals surface area contributed by atoms with Gasteiger partial charge < -0.3 is 19.5 Å². The molecule has 2 amide bonds. The van der Waals surface area contributed by atoms with E-state index in [-0.39, 0.29) is 48.6 Å². The molecule has 13 heteroatoms. The molecule has 47 heavy (non-hydrogen) atoms. The summed E-state index contributed by atoms with van der Waals surface area (Å²) in [6.45, 7) is 14.4. The lowest BCUT2D eigenvalue weighted by molar-refractivity contribution is -0.140. The largest absolute Gasteiger partial charge is 0.434 e. The molecule has 9 nitrogen and oxygen atoms in total. The van der Waals surface area contributed by atoms with Crippen molar-refractivity contribution in [2.24, 2.45) is 0 Å². The van der Waals surface area contributed by atoms with Crippen molar-refractivity contribution in [2.45, 2.75) is 70.8 Å². The van der Waals surface area contributed by atoms with Gasteiger partial charge in [0.25, 0.3) is 0 Å². The highest BCUT2D eigenvalue weighted by molar-refractivity contribution is 5.98. The van der Waals surface area contributed by atoms with E-state index in [2.05, 4.69) is 33.9 Å². The number of carbonyl (C=O) groups is 2. The molecule has 3 aromatic rings. The Morgan fingerprint density at radius 3 is 2.45 bits per heavy atom. The van der Waals surface area contributed by atoms with Crippen LogP contribution in [0.3, 0.4) is 0 Å². The van der Waals surface area contributed by atoms with E-state index < -0.39 is 23.1 Å². The second-order valence-corrected chi connectivity index (χ2v) is 14.1. The van der Waals surface area contributed by atoms with Crippen molar-refractivity contribution in [1.82, 2.24) is 29.4 Å². The molecule has 3 atom stereocenters. The first-order chi connectivity index (χ1) is 22.1. The van der Waals surface area contributed by atoms with Crippen LogP contribution in [0.4, 0.5) is 23.2 Å². The van der Waals surface area contributed by atoms with Gasteiger partial charge in [0.15, 0.2) is 5.69 Å². The Kier molecular flexibility index (Phi) is 8.86. The average molecular weight is 658 g/mol. The van der Waals surface area contributed by atoms with Crippen LogP contribution in [0.15, 0.2) is 36.5 Å². The number of piperazine rings is 2. The van der Waals surface area contributed by atoms with Crippen LogP contribution in [0.5, 0.6) is 0 Å². The Balaban J connectivity index is 1.30. The van der Waals surface area contributed by atoms with Gasteiger partial charge >= 0.3 is 6.18 Å². The zero-order valence-corrected chi connectivity index (χ0v) is 27.6. The van der Waals surface area contributed by atoms with Crippen molar-refractivity contribution in [3.8, 4) is 0 Å². The molecule has 2 aromatic heterocycles. The molecule has 0 unspecified atom stereocenters. The van der Waals surface area contributed by atoms with Gasteiger partial charge in [0.2, 0.25) is 11.8 Å². The van der Waals surface area contributed by atoms with Crippen molar-refractivity contribution in [1.29, 1.82) is 0 Å². The number of benzene rings is 1. The maximum absolute atomic E-state index is 14.3. The molecule has 6 rings (SSSR count). The molecular formula is C34H43F4N7O2. The standard InChI is InChI=1S/C34H43F4N7O2/c1-21-15-43(27(14-39-21)17-41-10-11-42(23(3)46)16-22(41)2)19-30(47)45-20-33(4,5)31-28(45)13-25(12-24-6-8-26(35)9-7-24)32-40-29(18-44(31)32)34(36,37)38/h6-9,13,18,21-22,27,39H,10-12,14-17,19-20H2,1-5H3/t21-,22-,27-/m1/s1. The van der Waals surface area contributed by atoms with E-state index in [0.29, 0.717) is 49.7 Å². The number of fused-ring (bicyclic) bond motifs is 3. The summed E-state index contributed by atoms with van der Waals surface area (Å²) in [5.41, 5.74) is 0.951. The van der Waals surface area contributed by atoms with E-state index in [0.717, 1.165) is 24.8 Å². The third kappa shape index (κ3) is 6.75. The van der Waals surface area contributed by atoms with Gasteiger partial charge in [-0.1, -0.05) is 26.0 Å². The van der Waals surface area contributed by atoms with Gasteiger partial charge in [-0.25, -0.2) is 9.37 Å². The summed E-state index contributed by atoms with van der Waals surface area (Å²) in [6.07, 6.45) is -3.39. The number of hydrogen-bond donors (Lipinski definition) is 1. The van der Waals surface area contributed by atoms with E-state index in [9.17, 15) is 27.2 Å². The number of aromatic nitrogens is 2. The molecule has 5 heterocycles. The maximum atomic E-state index is 14.3. The number of amides is 2. The van der Waals surface area contributed by atoms with Crippen molar-refractivity contribution < 1.29 is 27.2 Å². The molecule has 0 aliphatic carbocycles. The predicted octanol–water partition coefficient (Wildman–Crippen LogP) is 3.92. The molecule has 254 valence electrons. The van der Waals surface area contributed by atoms with Crippen LogP contribution >= 0.6 is 0 Å². The van der Waals surface area contributed by atoms with Gasteiger partial charge in [0.1, 0.15) is 11.5 Å². The van der Waals surface area contributed by atoms with Gasteiger partial charge in [0.05, 0.1) is 17.9 Å². The third-order valence-corrected chi connectivity index (χ3v) is 9.89. The smallest absolute Gasteiger partial charge is 0.340 e. The lowest BCUT2D eigenvalue weighted by Gasteiger charge is -2.45. The van der Waals surface area contributed by atoms with Crippen LogP contribution in [0, 0.1) is 5.82 Å². The normalized spacial score (nSPS) is 23.8. The second kappa shape index (κ2) is 12.5.